The molecule has 0 fully saturated rings. The zero-order chi connectivity index (χ0) is 18.8. The number of halogens is 2. The van der Waals surface area contributed by atoms with Gasteiger partial charge in [-0.25, -0.2) is 14.1 Å². The van der Waals surface area contributed by atoms with Crippen LogP contribution in [0.1, 0.15) is 28.5 Å². The highest BCUT2D eigenvalue weighted by molar-refractivity contribution is 6.30. The van der Waals surface area contributed by atoms with Crippen LogP contribution >= 0.6 is 11.6 Å². The fraction of sp³-hybridized carbons (Fsp3) is 0.167. The van der Waals surface area contributed by atoms with Gasteiger partial charge in [-0.3, -0.25) is 4.79 Å². The molecule has 3 N–H and O–H groups in total. The van der Waals surface area contributed by atoms with Gasteiger partial charge >= 0.3 is 0 Å². The first-order chi connectivity index (χ1) is 12.4. The van der Waals surface area contributed by atoms with Gasteiger partial charge in [0, 0.05) is 11.8 Å². The van der Waals surface area contributed by atoms with Crippen molar-refractivity contribution in [3.63, 3.8) is 0 Å². The summed E-state index contributed by atoms with van der Waals surface area (Å²) in [7, 11) is 0. The number of aromatic nitrogens is 3. The summed E-state index contributed by atoms with van der Waals surface area (Å²) in [6.07, 6.45) is 1.92. The Morgan fingerprint density at radius 2 is 2.12 bits per heavy atom. The molecule has 134 valence electrons. The minimum Gasteiger partial charge on any atom is -0.383 e. The molecule has 0 spiro atoms. The molecule has 0 saturated carbocycles. The number of carbonyl (C=O) groups excluding carboxylic acids is 1. The van der Waals surface area contributed by atoms with E-state index in [0.29, 0.717) is 34.2 Å². The van der Waals surface area contributed by atoms with Crippen molar-refractivity contribution in [1.29, 1.82) is 0 Å². The molecular formula is C18H17ClFN5O. The third-order valence-corrected chi connectivity index (χ3v) is 4.22. The molecule has 8 heteroatoms. The fourth-order valence-corrected chi connectivity index (χ4v) is 2.72. The number of benzene rings is 1. The van der Waals surface area contributed by atoms with Crippen LogP contribution in [0.25, 0.3) is 5.69 Å². The number of anilines is 2. The number of rotatable bonds is 4. The Morgan fingerprint density at radius 1 is 1.35 bits per heavy atom. The van der Waals surface area contributed by atoms with E-state index in [9.17, 15) is 9.18 Å². The van der Waals surface area contributed by atoms with Crippen molar-refractivity contribution in [2.24, 2.45) is 0 Å². The summed E-state index contributed by atoms with van der Waals surface area (Å²) in [6, 6.07) is 7.83. The van der Waals surface area contributed by atoms with Gasteiger partial charge in [-0.15, -0.1) is 0 Å². The van der Waals surface area contributed by atoms with Crippen LogP contribution in [0, 0.1) is 12.7 Å². The Hall–Kier alpha value is -2.93. The molecule has 0 saturated heterocycles. The third kappa shape index (κ3) is 3.25. The van der Waals surface area contributed by atoms with E-state index in [1.165, 1.54) is 16.9 Å². The lowest BCUT2D eigenvalue weighted by Crippen LogP contribution is -2.16. The largest absolute Gasteiger partial charge is 0.383 e. The number of pyridine rings is 1. The number of nitrogens with zero attached hydrogens (tertiary/aromatic N) is 3. The van der Waals surface area contributed by atoms with Crippen LogP contribution in [0.4, 0.5) is 16.0 Å². The predicted octanol–water partition coefficient (Wildman–Crippen LogP) is 3.77. The highest BCUT2D eigenvalue weighted by atomic mass is 35.5. The van der Waals surface area contributed by atoms with E-state index in [1.807, 2.05) is 6.92 Å². The Balaban J connectivity index is 2.02. The summed E-state index contributed by atoms with van der Waals surface area (Å²) in [5.74, 6) is -0.321. The molecule has 3 aromatic rings. The minimum atomic E-state index is -0.436. The van der Waals surface area contributed by atoms with Crippen LogP contribution in [-0.4, -0.2) is 20.7 Å². The van der Waals surface area contributed by atoms with Crippen molar-refractivity contribution in [2.75, 3.05) is 11.1 Å². The molecule has 2 heterocycles. The van der Waals surface area contributed by atoms with Gasteiger partial charge in [-0.05, 0) is 37.6 Å². The molecule has 0 unspecified atom stereocenters. The lowest BCUT2D eigenvalue weighted by Gasteiger charge is -2.09. The molecule has 3 rings (SSSR count). The van der Waals surface area contributed by atoms with Gasteiger partial charge in [-0.1, -0.05) is 24.6 Å². The SMILES string of the molecule is CCc1nn(-c2cccc(F)c2C)c(N)c1C(=O)Nc1ccc(Cl)cn1. The first-order valence-corrected chi connectivity index (χ1v) is 8.36. The molecule has 0 aliphatic heterocycles. The average Bonchev–Trinajstić information content (AvgIpc) is 2.96. The smallest absolute Gasteiger partial charge is 0.262 e. The molecule has 2 aromatic heterocycles. The highest BCUT2D eigenvalue weighted by Crippen LogP contribution is 2.25. The average molecular weight is 374 g/mol. The van der Waals surface area contributed by atoms with Crippen molar-refractivity contribution in [2.45, 2.75) is 20.3 Å². The first-order valence-electron chi connectivity index (χ1n) is 7.98. The Morgan fingerprint density at radius 3 is 2.77 bits per heavy atom. The lowest BCUT2D eigenvalue weighted by molar-refractivity contribution is 0.102. The van der Waals surface area contributed by atoms with Gasteiger partial charge in [0.1, 0.15) is 23.0 Å². The van der Waals surface area contributed by atoms with Crippen LogP contribution in [0.15, 0.2) is 36.5 Å². The second-order valence-corrected chi connectivity index (χ2v) is 6.11. The molecule has 1 aromatic carbocycles. The van der Waals surface area contributed by atoms with Gasteiger partial charge in [0.05, 0.1) is 16.4 Å². The maximum Gasteiger partial charge on any atom is 0.262 e. The maximum absolute atomic E-state index is 13.9. The Bertz CT molecular complexity index is 968. The van der Waals surface area contributed by atoms with E-state index in [1.54, 1.807) is 31.2 Å². The molecule has 0 atom stereocenters. The quantitative estimate of drug-likeness (QED) is 0.729. The zero-order valence-corrected chi connectivity index (χ0v) is 15.0. The summed E-state index contributed by atoms with van der Waals surface area (Å²) in [5, 5.41) is 7.54. The molecule has 26 heavy (non-hydrogen) atoms. The van der Waals surface area contributed by atoms with Gasteiger partial charge < -0.3 is 11.1 Å². The highest BCUT2D eigenvalue weighted by Gasteiger charge is 2.23. The summed E-state index contributed by atoms with van der Waals surface area (Å²) < 4.78 is 15.3. The monoisotopic (exact) mass is 373 g/mol. The summed E-state index contributed by atoms with van der Waals surface area (Å²) in [5.41, 5.74) is 7.83. The normalized spacial score (nSPS) is 10.8. The fourth-order valence-electron chi connectivity index (χ4n) is 2.61. The molecule has 0 aliphatic carbocycles. The third-order valence-electron chi connectivity index (χ3n) is 3.99. The number of hydrogen-bond donors (Lipinski definition) is 2. The predicted molar refractivity (Wildman–Crippen MR) is 99.2 cm³/mol. The van der Waals surface area contributed by atoms with E-state index in [2.05, 4.69) is 15.4 Å². The number of nitrogens with one attached hydrogen (secondary N) is 1. The minimum absolute atomic E-state index is 0.141. The van der Waals surface area contributed by atoms with Crippen LogP contribution in [0.5, 0.6) is 0 Å². The van der Waals surface area contributed by atoms with Crippen molar-refractivity contribution in [1.82, 2.24) is 14.8 Å². The molecule has 0 radical (unpaired) electrons. The zero-order valence-electron chi connectivity index (χ0n) is 14.3. The van der Waals surface area contributed by atoms with E-state index in [-0.39, 0.29) is 17.2 Å². The van der Waals surface area contributed by atoms with Crippen molar-refractivity contribution < 1.29 is 9.18 Å². The summed E-state index contributed by atoms with van der Waals surface area (Å²) in [6.45, 7) is 3.50. The number of carbonyl (C=O) groups is 1. The number of nitrogen functional groups attached to an aromatic ring is 1. The summed E-state index contributed by atoms with van der Waals surface area (Å²) >= 11 is 5.80. The number of amides is 1. The van der Waals surface area contributed by atoms with E-state index < -0.39 is 5.91 Å². The number of nitrogens with two attached hydrogens (primary N) is 1. The van der Waals surface area contributed by atoms with Gasteiger partial charge in [0.2, 0.25) is 0 Å². The Kier molecular flexibility index (Phi) is 4.90. The molecule has 1 amide bonds. The topological polar surface area (TPSA) is 85.8 Å². The number of aryl methyl sites for hydroxylation is 1. The lowest BCUT2D eigenvalue weighted by atomic mass is 10.1. The molecule has 0 bridgehead atoms. The van der Waals surface area contributed by atoms with Crippen LogP contribution in [0.3, 0.4) is 0 Å². The van der Waals surface area contributed by atoms with Gasteiger partial charge in [-0.2, -0.15) is 5.10 Å². The molecule has 0 aliphatic rings. The van der Waals surface area contributed by atoms with Gasteiger partial charge in [0.15, 0.2) is 0 Å². The molecular weight excluding hydrogens is 357 g/mol. The standard InChI is InChI=1S/C18H17ClFN5O/c1-3-13-16(18(26)23-15-8-7-11(19)9-22-15)17(21)25(24-13)14-6-4-5-12(20)10(14)2/h4-9H,3,21H2,1-2H3,(H,22,23,26). The molecule has 6 nitrogen and oxygen atoms in total. The van der Waals surface area contributed by atoms with Crippen LogP contribution in [0.2, 0.25) is 5.02 Å². The van der Waals surface area contributed by atoms with Crippen molar-refractivity contribution in [3.8, 4) is 5.69 Å². The number of hydrogen-bond acceptors (Lipinski definition) is 4. The van der Waals surface area contributed by atoms with E-state index in [0.717, 1.165) is 0 Å². The first kappa shape index (κ1) is 17.9. The van der Waals surface area contributed by atoms with Crippen molar-refractivity contribution in [3.05, 3.63) is 64.2 Å². The summed E-state index contributed by atoms with van der Waals surface area (Å²) in [4.78, 5) is 16.7. The van der Waals surface area contributed by atoms with E-state index >= 15 is 0 Å². The Labute approximate surface area is 154 Å². The second kappa shape index (κ2) is 7.13. The van der Waals surface area contributed by atoms with Crippen LogP contribution in [-0.2, 0) is 6.42 Å². The van der Waals surface area contributed by atoms with Crippen LogP contribution < -0.4 is 11.1 Å². The van der Waals surface area contributed by atoms with Crippen molar-refractivity contribution >= 4 is 29.1 Å². The second-order valence-electron chi connectivity index (χ2n) is 5.67. The maximum atomic E-state index is 13.9. The van der Waals surface area contributed by atoms with Gasteiger partial charge in [0.25, 0.3) is 5.91 Å². The van der Waals surface area contributed by atoms with E-state index in [4.69, 9.17) is 17.3 Å².